The fourth-order valence-electron chi connectivity index (χ4n) is 9.75. The van der Waals surface area contributed by atoms with Gasteiger partial charge in [0.05, 0.1) is 22.1 Å². The standard InChI is InChI=1S/C57H42N2/c1-5-15-37(6-2)41-25-31-53-49(32-41)50-35-48-45-20-13-14-21-51(45)57(3,4)52(48)36-56(50)59(53)44-28-30-47-46-29-24-42(39-18-11-8-12-19-39)33-54(46)58(55(47)34-44)43-26-22-40(23-27-43)38-16-9-7-10-17-38/h5-36H,1-2H2,3-4H3/b37-15+. The molecule has 280 valence electrons. The maximum atomic E-state index is 4.14. The lowest BCUT2D eigenvalue weighted by molar-refractivity contribution is 0.661. The van der Waals surface area contributed by atoms with Gasteiger partial charge in [0.15, 0.2) is 0 Å². The van der Waals surface area contributed by atoms with Gasteiger partial charge in [-0.15, -0.1) is 0 Å². The SMILES string of the molecule is C=C/C=C(\C=C)c1ccc2c(c1)c1cc3c(cc1n2-c1ccc2c4ccc(-c5ccccc5)cc4n(-c4ccc(-c5ccccc5)cc4)c2c1)C(C)(C)c1ccccc1-3. The highest BCUT2D eigenvalue weighted by Crippen LogP contribution is 2.51. The van der Waals surface area contributed by atoms with Crippen LogP contribution in [0.1, 0.15) is 30.5 Å². The average molecular weight is 755 g/mol. The summed E-state index contributed by atoms with van der Waals surface area (Å²) >= 11 is 0. The summed E-state index contributed by atoms with van der Waals surface area (Å²) in [7, 11) is 0. The number of aromatic nitrogens is 2. The second-order valence-corrected chi connectivity index (χ2v) is 16.3. The van der Waals surface area contributed by atoms with Crippen LogP contribution >= 0.6 is 0 Å². The van der Waals surface area contributed by atoms with Crippen molar-refractivity contribution >= 4 is 49.2 Å². The van der Waals surface area contributed by atoms with Crippen LogP contribution in [0, 0.1) is 0 Å². The molecule has 2 heteroatoms. The van der Waals surface area contributed by atoms with Crippen molar-refractivity contribution in [2.75, 3.05) is 0 Å². The van der Waals surface area contributed by atoms with Crippen LogP contribution in [0.3, 0.4) is 0 Å². The number of rotatable bonds is 7. The molecule has 10 aromatic rings. The summed E-state index contributed by atoms with van der Waals surface area (Å²) in [5.41, 5.74) is 19.2. The molecule has 0 amide bonds. The molecule has 0 atom stereocenters. The highest BCUT2D eigenvalue weighted by Gasteiger charge is 2.36. The Morgan fingerprint density at radius 3 is 1.75 bits per heavy atom. The highest BCUT2D eigenvalue weighted by atomic mass is 15.0. The van der Waals surface area contributed by atoms with Crippen molar-refractivity contribution in [3.63, 3.8) is 0 Å². The Kier molecular flexibility index (Phi) is 7.86. The summed E-state index contributed by atoms with van der Waals surface area (Å²) in [6, 6.07) is 64.9. The van der Waals surface area contributed by atoms with Gasteiger partial charge in [0.1, 0.15) is 0 Å². The van der Waals surface area contributed by atoms with Crippen molar-refractivity contribution in [2.24, 2.45) is 0 Å². The molecule has 2 nitrogen and oxygen atoms in total. The van der Waals surface area contributed by atoms with Crippen molar-refractivity contribution in [1.29, 1.82) is 0 Å². The van der Waals surface area contributed by atoms with Gasteiger partial charge in [-0.05, 0) is 110 Å². The smallest absolute Gasteiger partial charge is 0.0561 e. The van der Waals surface area contributed by atoms with Crippen molar-refractivity contribution in [3.05, 3.63) is 224 Å². The molecular weight excluding hydrogens is 713 g/mol. The highest BCUT2D eigenvalue weighted by molar-refractivity contribution is 6.14. The largest absolute Gasteiger partial charge is 0.309 e. The van der Waals surface area contributed by atoms with E-state index in [0.29, 0.717) is 0 Å². The second-order valence-electron chi connectivity index (χ2n) is 16.3. The first-order valence-corrected chi connectivity index (χ1v) is 20.4. The molecule has 59 heavy (non-hydrogen) atoms. The minimum Gasteiger partial charge on any atom is -0.309 e. The zero-order valence-corrected chi connectivity index (χ0v) is 33.3. The van der Waals surface area contributed by atoms with Gasteiger partial charge in [-0.3, -0.25) is 0 Å². The lowest BCUT2D eigenvalue weighted by atomic mass is 9.82. The van der Waals surface area contributed by atoms with E-state index in [1.165, 1.54) is 88.1 Å². The number of fused-ring (bicyclic) bond motifs is 9. The molecule has 11 rings (SSSR count). The molecule has 2 aromatic heterocycles. The third-order valence-corrected chi connectivity index (χ3v) is 12.7. The van der Waals surface area contributed by atoms with Gasteiger partial charge in [0.2, 0.25) is 0 Å². The van der Waals surface area contributed by atoms with Crippen LogP contribution in [0.2, 0.25) is 0 Å². The van der Waals surface area contributed by atoms with Crippen LogP contribution in [0.25, 0.3) is 93.9 Å². The molecule has 0 spiro atoms. The first kappa shape index (κ1) is 34.8. The molecule has 0 N–H and O–H groups in total. The van der Waals surface area contributed by atoms with Crippen LogP contribution in [0.5, 0.6) is 0 Å². The zero-order chi connectivity index (χ0) is 39.8. The molecular formula is C57H42N2. The molecule has 0 saturated carbocycles. The van der Waals surface area contributed by atoms with E-state index in [1.54, 1.807) is 0 Å². The fraction of sp³-hybridized carbons (Fsp3) is 0.0526. The third-order valence-electron chi connectivity index (χ3n) is 12.7. The Labute approximate surface area is 344 Å². The van der Waals surface area contributed by atoms with Gasteiger partial charge in [-0.25, -0.2) is 0 Å². The molecule has 1 aliphatic rings. The van der Waals surface area contributed by atoms with E-state index in [-0.39, 0.29) is 5.41 Å². The number of hydrogen-bond acceptors (Lipinski definition) is 0. The van der Waals surface area contributed by atoms with Crippen LogP contribution in [0.4, 0.5) is 0 Å². The van der Waals surface area contributed by atoms with E-state index in [9.17, 15) is 0 Å². The second kappa shape index (κ2) is 13.3. The van der Waals surface area contributed by atoms with Crippen molar-refractivity contribution in [1.82, 2.24) is 9.13 Å². The summed E-state index contributed by atoms with van der Waals surface area (Å²) in [5, 5.41) is 4.90. The molecule has 8 aromatic carbocycles. The van der Waals surface area contributed by atoms with E-state index >= 15 is 0 Å². The number of nitrogens with zero attached hydrogens (tertiary/aromatic N) is 2. The van der Waals surface area contributed by atoms with E-state index in [2.05, 4.69) is 212 Å². The number of hydrogen-bond donors (Lipinski definition) is 0. The van der Waals surface area contributed by atoms with E-state index < -0.39 is 0 Å². The predicted octanol–water partition coefficient (Wildman–Crippen LogP) is 15.3. The fourth-order valence-corrected chi connectivity index (χ4v) is 9.75. The van der Waals surface area contributed by atoms with Crippen molar-refractivity contribution < 1.29 is 0 Å². The maximum Gasteiger partial charge on any atom is 0.0561 e. The lowest BCUT2D eigenvalue weighted by Crippen LogP contribution is -2.14. The third kappa shape index (κ3) is 5.34. The van der Waals surface area contributed by atoms with Crippen LogP contribution in [-0.4, -0.2) is 9.13 Å². The Morgan fingerprint density at radius 2 is 1.02 bits per heavy atom. The van der Waals surface area contributed by atoms with Crippen LogP contribution in [-0.2, 0) is 5.41 Å². The Bertz CT molecular complexity index is 3350. The molecule has 0 saturated heterocycles. The van der Waals surface area contributed by atoms with Gasteiger partial charge >= 0.3 is 0 Å². The van der Waals surface area contributed by atoms with Gasteiger partial charge < -0.3 is 9.13 Å². The minimum atomic E-state index is -0.131. The summed E-state index contributed by atoms with van der Waals surface area (Å²) in [4.78, 5) is 0. The van der Waals surface area contributed by atoms with Crippen molar-refractivity contribution in [3.8, 4) is 44.8 Å². The van der Waals surface area contributed by atoms with Crippen LogP contribution < -0.4 is 0 Å². The topological polar surface area (TPSA) is 9.86 Å². The molecule has 1 aliphatic carbocycles. The van der Waals surface area contributed by atoms with E-state index in [1.807, 2.05) is 18.2 Å². The summed E-state index contributed by atoms with van der Waals surface area (Å²) in [5.74, 6) is 0. The molecule has 0 bridgehead atoms. The Hall–Kier alpha value is -7.42. The maximum absolute atomic E-state index is 4.14. The molecule has 0 radical (unpaired) electrons. The first-order chi connectivity index (χ1) is 28.9. The monoisotopic (exact) mass is 754 g/mol. The van der Waals surface area contributed by atoms with Crippen molar-refractivity contribution in [2.45, 2.75) is 19.3 Å². The molecule has 0 fully saturated rings. The number of allylic oxidation sites excluding steroid dienone is 4. The molecule has 2 heterocycles. The van der Waals surface area contributed by atoms with Crippen LogP contribution in [0.15, 0.2) is 207 Å². The Morgan fingerprint density at radius 1 is 0.441 bits per heavy atom. The summed E-state index contributed by atoms with van der Waals surface area (Å²) < 4.78 is 4.93. The zero-order valence-electron chi connectivity index (χ0n) is 33.3. The Balaban J connectivity index is 1.19. The quantitative estimate of drug-likeness (QED) is 0.143. The normalized spacial score (nSPS) is 13.3. The first-order valence-electron chi connectivity index (χ1n) is 20.4. The lowest BCUT2D eigenvalue weighted by Gasteiger charge is -2.21. The molecule has 0 unspecified atom stereocenters. The summed E-state index contributed by atoms with van der Waals surface area (Å²) in [6.07, 6.45) is 5.79. The molecule has 0 aliphatic heterocycles. The van der Waals surface area contributed by atoms with E-state index in [4.69, 9.17) is 0 Å². The van der Waals surface area contributed by atoms with Gasteiger partial charge in [0.25, 0.3) is 0 Å². The predicted molar refractivity (Wildman–Crippen MR) is 252 cm³/mol. The van der Waals surface area contributed by atoms with Gasteiger partial charge in [-0.1, -0.05) is 167 Å². The number of benzene rings is 8. The average Bonchev–Trinajstić information content (AvgIpc) is 3.87. The minimum absolute atomic E-state index is 0.131. The van der Waals surface area contributed by atoms with Gasteiger partial charge in [0, 0.05) is 38.3 Å². The summed E-state index contributed by atoms with van der Waals surface area (Å²) in [6.45, 7) is 12.8. The van der Waals surface area contributed by atoms with Gasteiger partial charge in [-0.2, -0.15) is 0 Å². The van der Waals surface area contributed by atoms with E-state index in [0.717, 1.165) is 22.5 Å².